The summed E-state index contributed by atoms with van der Waals surface area (Å²) in [5.41, 5.74) is -1.23. The smallest absolute Gasteiger partial charge is 0.416 e. The second kappa shape index (κ2) is 12.3. The molecule has 0 aliphatic rings. The van der Waals surface area contributed by atoms with Crippen LogP contribution < -0.4 is 16.7 Å². The van der Waals surface area contributed by atoms with E-state index in [4.69, 9.17) is 4.98 Å². The number of nitrogens with one attached hydrogen (secondary N) is 1. The molecule has 0 fully saturated rings. The first-order chi connectivity index (χ1) is 27.7. The summed E-state index contributed by atoms with van der Waals surface area (Å²) >= 11 is 0. The quantitative estimate of drug-likeness (QED) is 0.129. The topological polar surface area (TPSA) is 110 Å². The highest BCUT2D eigenvalue weighted by atomic mass is 19.4. The van der Waals surface area contributed by atoms with Gasteiger partial charge in [0.05, 0.1) is 49.2 Å². The number of aromatic nitrogens is 4. The number of nitrogens with zero attached hydrogens (tertiary/aromatic N) is 3. The second-order valence-electron chi connectivity index (χ2n) is 14.5. The van der Waals surface area contributed by atoms with Crippen molar-refractivity contribution < 1.29 is 31.4 Å². The van der Waals surface area contributed by atoms with Crippen molar-refractivity contribution in [1.82, 2.24) is 19.1 Å². The summed E-state index contributed by atoms with van der Waals surface area (Å²) in [5, 5.41) is 14.7. The molecule has 0 saturated heterocycles. The van der Waals surface area contributed by atoms with Gasteiger partial charge < -0.3 is 10.1 Å². The molecule has 8 nitrogen and oxygen atoms in total. The molecule has 0 bridgehead atoms. The summed E-state index contributed by atoms with van der Waals surface area (Å²) < 4.78 is 82.0. The number of aryl methyl sites for hydroxylation is 2. The van der Waals surface area contributed by atoms with Gasteiger partial charge in [0.15, 0.2) is 0 Å². The van der Waals surface area contributed by atoms with Crippen molar-refractivity contribution in [3.8, 4) is 5.88 Å². The second-order valence-corrected chi connectivity index (χ2v) is 14.5. The highest BCUT2D eigenvalue weighted by Crippen LogP contribution is 2.47. The fourth-order valence-corrected chi connectivity index (χ4v) is 8.55. The maximum atomic E-state index is 14.9. The number of rotatable bonds is 6. The first kappa shape index (κ1) is 35.5. The maximum Gasteiger partial charge on any atom is 0.416 e. The molecule has 0 saturated carbocycles. The van der Waals surface area contributed by atoms with Crippen LogP contribution in [0.25, 0.3) is 75.9 Å². The molecule has 0 spiro atoms. The van der Waals surface area contributed by atoms with Gasteiger partial charge >= 0.3 is 12.4 Å². The number of H-pyrrole nitrogens is 1. The zero-order valence-corrected chi connectivity index (χ0v) is 29.8. The van der Waals surface area contributed by atoms with Gasteiger partial charge in [0.1, 0.15) is 0 Å². The third-order valence-electron chi connectivity index (χ3n) is 11.3. The van der Waals surface area contributed by atoms with Gasteiger partial charge in [-0.1, -0.05) is 60.7 Å². The SMILES string of the molecule is O=c1c2c3c4ccccc4[nH]c3c3c(=O)n(CCc4ccc(C(F)(F)F)cc4)c(=O)c4c5c6ccccc6nc5c(c(O)n1CCc1ccc(C(F)(F)F)cc1)c2c34. The Morgan fingerprint density at radius 2 is 1.03 bits per heavy atom. The molecule has 10 rings (SSSR count). The van der Waals surface area contributed by atoms with E-state index in [2.05, 4.69) is 4.98 Å². The van der Waals surface area contributed by atoms with Crippen LogP contribution in [0.3, 0.4) is 0 Å². The fourth-order valence-electron chi connectivity index (χ4n) is 8.55. The number of aromatic hydroxyl groups is 1. The number of alkyl halides is 6. The molecule has 0 aliphatic heterocycles. The third-order valence-corrected chi connectivity index (χ3v) is 11.3. The minimum Gasteiger partial charge on any atom is -0.494 e. The molecule has 0 unspecified atom stereocenters. The molecule has 0 atom stereocenters. The van der Waals surface area contributed by atoms with E-state index in [0.29, 0.717) is 43.7 Å². The van der Waals surface area contributed by atoms with E-state index in [1.54, 1.807) is 48.5 Å². The molecule has 6 aromatic carbocycles. The minimum absolute atomic E-state index is 0.0458. The maximum absolute atomic E-state index is 14.9. The Morgan fingerprint density at radius 3 is 1.66 bits per heavy atom. The predicted molar refractivity (Wildman–Crippen MR) is 210 cm³/mol. The normalized spacial score (nSPS) is 12.9. The van der Waals surface area contributed by atoms with Crippen LogP contribution in [-0.2, 0) is 38.3 Å². The average molecular weight is 789 g/mol. The van der Waals surface area contributed by atoms with E-state index in [-0.39, 0.29) is 69.3 Å². The first-order valence-electron chi connectivity index (χ1n) is 18.2. The largest absolute Gasteiger partial charge is 0.494 e. The lowest BCUT2D eigenvalue weighted by atomic mass is 9.90. The number of aromatic amines is 1. The molecule has 14 heteroatoms. The van der Waals surface area contributed by atoms with Crippen molar-refractivity contribution in [2.45, 2.75) is 38.3 Å². The highest BCUT2D eigenvalue weighted by molar-refractivity contribution is 6.44. The fraction of sp³-hybridized carbons (Fsp3) is 0.136. The molecule has 2 N–H and O–H groups in total. The van der Waals surface area contributed by atoms with Crippen LogP contribution in [0.1, 0.15) is 22.3 Å². The zero-order chi connectivity index (χ0) is 40.4. The molecular formula is C44H26F6N4O4. The van der Waals surface area contributed by atoms with Crippen LogP contribution in [0, 0.1) is 0 Å². The Labute approximate surface area is 320 Å². The lowest BCUT2D eigenvalue weighted by Gasteiger charge is -2.19. The van der Waals surface area contributed by atoms with Gasteiger partial charge in [-0.2, -0.15) is 26.3 Å². The number of hydrogen-bond donors (Lipinski definition) is 2. The van der Waals surface area contributed by atoms with Crippen LogP contribution in [0.15, 0.2) is 111 Å². The molecule has 288 valence electrons. The zero-order valence-electron chi connectivity index (χ0n) is 29.8. The summed E-state index contributed by atoms with van der Waals surface area (Å²) in [7, 11) is 0. The Balaban J connectivity index is 1.30. The van der Waals surface area contributed by atoms with Crippen molar-refractivity contribution in [1.29, 1.82) is 0 Å². The van der Waals surface area contributed by atoms with Crippen molar-refractivity contribution in [2.24, 2.45) is 0 Å². The monoisotopic (exact) mass is 788 g/mol. The van der Waals surface area contributed by atoms with Gasteiger partial charge in [0, 0.05) is 50.9 Å². The van der Waals surface area contributed by atoms with E-state index in [0.717, 1.165) is 33.4 Å². The lowest BCUT2D eigenvalue weighted by Crippen LogP contribution is -2.34. The number of hydrogen-bond acceptors (Lipinski definition) is 5. The summed E-state index contributed by atoms with van der Waals surface area (Å²) in [4.78, 5) is 52.8. The van der Waals surface area contributed by atoms with Gasteiger partial charge in [-0.3, -0.25) is 23.5 Å². The molecule has 0 aliphatic carbocycles. The Hall–Kier alpha value is -6.96. The van der Waals surface area contributed by atoms with Crippen molar-refractivity contribution in [2.75, 3.05) is 0 Å². The highest BCUT2D eigenvalue weighted by Gasteiger charge is 2.33. The predicted octanol–water partition coefficient (Wildman–Crippen LogP) is 9.27. The van der Waals surface area contributed by atoms with E-state index < -0.39 is 46.0 Å². The van der Waals surface area contributed by atoms with Crippen molar-refractivity contribution >= 4 is 75.9 Å². The number of pyridine rings is 2. The average Bonchev–Trinajstić information content (AvgIpc) is 3.77. The lowest BCUT2D eigenvalue weighted by molar-refractivity contribution is -0.138. The van der Waals surface area contributed by atoms with E-state index in [1.807, 2.05) is 0 Å². The summed E-state index contributed by atoms with van der Waals surface area (Å²) in [5.74, 6) is -0.487. The molecule has 4 aromatic heterocycles. The Morgan fingerprint density at radius 1 is 0.534 bits per heavy atom. The van der Waals surface area contributed by atoms with Crippen LogP contribution in [0.4, 0.5) is 26.3 Å². The summed E-state index contributed by atoms with van der Waals surface area (Å²) in [6, 6.07) is 23.1. The first-order valence-corrected chi connectivity index (χ1v) is 18.2. The van der Waals surface area contributed by atoms with Crippen molar-refractivity contribution in [3.05, 3.63) is 150 Å². The van der Waals surface area contributed by atoms with E-state index >= 15 is 0 Å². The summed E-state index contributed by atoms with van der Waals surface area (Å²) in [6.07, 6.45) is -8.95. The van der Waals surface area contributed by atoms with Gasteiger partial charge in [0.2, 0.25) is 5.88 Å². The van der Waals surface area contributed by atoms with Gasteiger partial charge in [-0.25, -0.2) is 4.98 Å². The van der Waals surface area contributed by atoms with E-state index in [9.17, 15) is 45.8 Å². The van der Waals surface area contributed by atoms with Crippen LogP contribution in [0.5, 0.6) is 5.88 Å². The summed E-state index contributed by atoms with van der Waals surface area (Å²) in [6.45, 7) is -0.321. The van der Waals surface area contributed by atoms with Gasteiger partial charge in [-0.15, -0.1) is 0 Å². The van der Waals surface area contributed by atoms with Crippen LogP contribution in [-0.4, -0.2) is 24.2 Å². The van der Waals surface area contributed by atoms with Crippen LogP contribution >= 0.6 is 0 Å². The van der Waals surface area contributed by atoms with Crippen molar-refractivity contribution in [3.63, 3.8) is 0 Å². The van der Waals surface area contributed by atoms with Gasteiger partial charge in [-0.05, 0) is 60.4 Å². The minimum atomic E-state index is -4.54. The molecule has 4 heterocycles. The molecule has 10 aromatic rings. The Kier molecular flexibility index (Phi) is 7.50. The molecular weight excluding hydrogens is 762 g/mol. The van der Waals surface area contributed by atoms with Gasteiger partial charge in [0.25, 0.3) is 16.7 Å². The number of halogens is 6. The third kappa shape index (κ3) is 5.10. The number of benzene rings is 6. The molecule has 0 radical (unpaired) electrons. The number of para-hydroxylation sites is 2. The standard InChI is InChI=1S/C44H26F6N4O4/c45-43(46,47)23-13-9-21(10-14-23)17-19-53-39(55)33-29-25-5-1-3-7-27(25)51-37(29)35-32-31(33)36(42(53)58)38-30(26-6-2-4-8-28(26)52-38)34(32)40(56)54(41(35)57)20-18-22-11-15-24(16-12-22)44(48,49)50/h1-16,51,58H,17-20H2. The van der Waals surface area contributed by atoms with E-state index in [1.165, 1.54) is 24.3 Å². The number of fused-ring (bicyclic) bond motifs is 10. The molecule has 58 heavy (non-hydrogen) atoms. The molecule has 0 amide bonds. The Bertz CT molecular complexity index is 3500. The van der Waals surface area contributed by atoms with Crippen LogP contribution in [0.2, 0.25) is 0 Å².